The van der Waals surface area contributed by atoms with Gasteiger partial charge in [-0.15, -0.1) is 0 Å². The first kappa shape index (κ1) is 25.6. The molecule has 0 bridgehead atoms. The van der Waals surface area contributed by atoms with E-state index in [4.69, 9.17) is 14.2 Å². The van der Waals surface area contributed by atoms with E-state index in [1.165, 1.54) is 20.1 Å². The van der Waals surface area contributed by atoms with Crippen LogP contribution in [0.15, 0.2) is 18.2 Å². The van der Waals surface area contributed by atoms with Crippen molar-refractivity contribution >= 4 is 16.6 Å². The molecule has 10 heteroatoms. The number of fused-ring (bicyclic) bond motifs is 1. The number of methoxy groups -OCH3 is 1. The Morgan fingerprint density at radius 1 is 1.17 bits per heavy atom. The van der Waals surface area contributed by atoms with E-state index < -0.39 is 43.4 Å². The Balaban J connectivity index is 1.88. The number of aliphatic hydroxyl groups excluding tert-OH is 4. The summed E-state index contributed by atoms with van der Waals surface area (Å²) in [7, 11) is 1.44. The fraction of sp³-hybridized carbons (Fsp3) is 0.560. The van der Waals surface area contributed by atoms with Crippen LogP contribution >= 0.6 is 0 Å². The minimum absolute atomic E-state index is 0.0468. The zero-order valence-electron chi connectivity index (χ0n) is 19.7. The second-order valence-electron chi connectivity index (χ2n) is 9.34. The number of hydrogen-bond donors (Lipinski definition) is 6. The van der Waals surface area contributed by atoms with Gasteiger partial charge >= 0.3 is 0 Å². The third-order valence-electron chi connectivity index (χ3n) is 7.15. The molecule has 1 aliphatic heterocycles. The predicted octanol–water partition coefficient (Wildman–Crippen LogP) is 0.955. The second kappa shape index (κ2) is 9.88. The van der Waals surface area contributed by atoms with Crippen molar-refractivity contribution in [3.63, 3.8) is 0 Å². The van der Waals surface area contributed by atoms with Gasteiger partial charge in [0.05, 0.1) is 31.3 Å². The van der Waals surface area contributed by atoms with Gasteiger partial charge in [0.1, 0.15) is 35.6 Å². The smallest absolute Gasteiger partial charge is 0.234 e. The lowest BCUT2D eigenvalue weighted by Crippen LogP contribution is -2.69. The maximum Gasteiger partial charge on any atom is 0.234 e. The summed E-state index contributed by atoms with van der Waals surface area (Å²) in [5.41, 5.74) is -1.52. The van der Waals surface area contributed by atoms with Gasteiger partial charge in [-0.05, 0) is 48.8 Å². The van der Waals surface area contributed by atoms with E-state index in [0.29, 0.717) is 11.1 Å². The minimum atomic E-state index is -2.46. The maximum atomic E-state index is 12.6. The van der Waals surface area contributed by atoms with Crippen molar-refractivity contribution in [2.45, 2.75) is 68.7 Å². The molecule has 2 fully saturated rings. The fourth-order valence-corrected chi connectivity index (χ4v) is 5.18. The fourth-order valence-electron chi connectivity index (χ4n) is 5.18. The zero-order chi connectivity index (χ0) is 25.5. The molecular formula is C25H32O10. The van der Waals surface area contributed by atoms with Gasteiger partial charge in [-0.1, -0.05) is 12.8 Å². The van der Waals surface area contributed by atoms with Crippen LogP contribution in [0.1, 0.15) is 54.4 Å². The van der Waals surface area contributed by atoms with E-state index >= 15 is 0 Å². The van der Waals surface area contributed by atoms with E-state index in [-0.39, 0.29) is 34.1 Å². The molecule has 2 aliphatic rings. The third-order valence-corrected chi connectivity index (χ3v) is 7.15. The molecule has 6 N–H and O–H groups in total. The zero-order valence-corrected chi connectivity index (χ0v) is 19.7. The molecule has 5 unspecified atom stereocenters. The Kier molecular flexibility index (Phi) is 7.23. The number of rotatable bonds is 7. The van der Waals surface area contributed by atoms with Crippen LogP contribution in [0.2, 0.25) is 0 Å². The molecule has 1 saturated heterocycles. The quantitative estimate of drug-likeness (QED) is 0.306. The summed E-state index contributed by atoms with van der Waals surface area (Å²) in [4.78, 5) is 12.6. The highest BCUT2D eigenvalue weighted by molar-refractivity contribution is 6.07. The molecule has 10 nitrogen and oxygen atoms in total. The summed E-state index contributed by atoms with van der Waals surface area (Å²) >= 11 is 0. The number of carbonyl (C=O) groups excluding carboxylic acids is 1. The van der Waals surface area contributed by atoms with Gasteiger partial charge in [-0.2, -0.15) is 0 Å². The van der Waals surface area contributed by atoms with Crippen molar-refractivity contribution in [3.05, 3.63) is 29.3 Å². The number of hydrogen-bond acceptors (Lipinski definition) is 10. The molecule has 0 spiro atoms. The van der Waals surface area contributed by atoms with E-state index in [1.807, 2.05) is 6.07 Å². The number of benzene rings is 2. The van der Waals surface area contributed by atoms with Gasteiger partial charge in [-0.25, -0.2) is 0 Å². The Morgan fingerprint density at radius 2 is 1.86 bits per heavy atom. The minimum Gasteiger partial charge on any atom is -0.506 e. The van der Waals surface area contributed by atoms with Crippen molar-refractivity contribution in [3.8, 4) is 17.2 Å². The summed E-state index contributed by atoms with van der Waals surface area (Å²) < 4.78 is 16.8. The standard InChI is InChI=1S/C25H32O10/c1-12(28)19-16(13-5-3-4-6-13)8-14-7-15(33-2)9-17(20(14)22(19)30)34-24-25(32,11-27)23(31)21(29)18(10-26)35-24/h7-9,13,18,21,23-24,26-27,29-32H,3-6,10-11H2,1-2H3. The van der Waals surface area contributed by atoms with Gasteiger partial charge in [0.25, 0.3) is 0 Å². The van der Waals surface area contributed by atoms with Crippen LogP contribution in [-0.4, -0.2) is 86.9 Å². The molecule has 35 heavy (non-hydrogen) atoms. The molecule has 2 aromatic carbocycles. The molecule has 1 saturated carbocycles. The normalized spacial score (nSPS) is 29.5. The number of carbonyl (C=O) groups is 1. The maximum absolute atomic E-state index is 12.6. The van der Waals surface area contributed by atoms with Crippen molar-refractivity contribution in [2.75, 3.05) is 20.3 Å². The first-order valence-corrected chi connectivity index (χ1v) is 11.7. The Morgan fingerprint density at radius 3 is 2.43 bits per heavy atom. The summed E-state index contributed by atoms with van der Waals surface area (Å²) in [6.45, 7) is -0.350. The molecule has 4 rings (SSSR count). The summed E-state index contributed by atoms with van der Waals surface area (Å²) in [5, 5.41) is 62.8. The highest BCUT2D eigenvalue weighted by Gasteiger charge is 2.56. The Bertz CT molecular complexity index is 1100. The topological polar surface area (TPSA) is 166 Å². The molecule has 0 radical (unpaired) electrons. The highest BCUT2D eigenvalue weighted by Crippen LogP contribution is 2.46. The van der Waals surface area contributed by atoms with E-state index in [2.05, 4.69) is 0 Å². The lowest BCUT2D eigenvalue weighted by Gasteiger charge is -2.46. The average Bonchev–Trinajstić information content (AvgIpc) is 3.38. The van der Waals surface area contributed by atoms with Gasteiger partial charge in [0, 0.05) is 6.07 Å². The summed E-state index contributed by atoms with van der Waals surface area (Å²) in [6, 6.07) is 4.92. The monoisotopic (exact) mass is 492 g/mol. The number of Topliss-reactive ketones (excluding diaryl/α,β-unsaturated/α-hetero) is 1. The van der Waals surface area contributed by atoms with Gasteiger partial charge in [0.2, 0.25) is 6.29 Å². The third kappa shape index (κ3) is 4.35. The average molecular weight is 493 g/mol. The van der Waals surface area contributed by atoms with Gasteiger partial charge in [-0.3, -0.25) is 4.79 Å². The largest absolute Gasteiger partial charge is 0.506 e. The van der Waals surface area contributed by atoms with Crippen LogP contribution < -0.4 is 9.47 Å². The number of aliphatic hydroxyl groups is 5. The van der Waals surface area contributed by atoms with E-state index in [1.54, 1.807) is 6.07 Å². The lowest BCUT2D eigenvalue weighted by molar-refractivity contribution is -0.327. The van der Waals surface area contributed by atoms with Crippen LogP contribution in [-0.2, 0) is 4.74 Å². The van der Waals surface area contributed by atoms with Gasteiger partial charge < -0.3 is 44.8 Å². The molecule has 192 valence electrons. The first-order chi connectivity index (χ1) is 16.7. The van der Waals surface area contributed by atoms with E-state index in [0.717, 1.165) is 31.2 Å². The molecule has 0 amide bonds. The second-order valence-corrected chi connectivity index (χ2v) is 9.34. The van der Waals surface area contributed by atoms with Crippen molar-refractivity contribution in [1.82, 2.24) is 0 Å². The molecule has 5 atom stereocenters. The predicted molar refractivity (Wildman–Crippen MR) is 124 cm³/mol. The van der Waals surface area contributed by atoms with Crippen LogP contribution in [0.4, 0.5) is 0 Å². The molecular weight excluding hydrogens is 460 g/mol. The summed E-state index contributed by atoms with van der Waals surface area (Å²) in [6.07, 6.45) is -2.77. The summed E-state index contributed by atoms with van der Waals surface area (Å²) in [5.74, 6) is -0.176. The van der Waals surface area contributed by atoms with Crippen molar-refractivity contribution < 1.29 is 49.6 Å². The Hall–Kier alpha value is -2.47. The number of phenols is 1. The van der Waals surface area contributed by atoms with Crippen LogP contribution in [0.5, 0.6) is 17.2 Å². The number of ketones is 1. The van der Waals surface area contributed by atoms with Crippen LogP contribution in [0.25, 0.3) is 10.8 Å². The lowest BCUT2D eigenvalue weighted by atomic mass is 9.86. The van der Waals surface area contributed by atoms with Crippen molar-refractivity contribution in [2.24, 2.45) is 0 Å². The van der Waals surface area contributed by atoms with Crippen molar-refractivity contribution in [1.29, 1.82) is 0 Å². The van der Waals surface area contributed by atoms with Crippen LogP contribution in [0, 0.1) is 0 Å². The Labute approximate surface area is 202 Å². The van der Waals surface area contributed by atoms with Gasteiger partial charge in [0.15, 0.2) is 11.4 Å². The SMILES string of the molecule is COc1cc(OC2OC(CO)C(O)C(O)C2(O)CO)c2c(O)c(C(C)=O)c(C3CCCC3)cc2c1. The van der Waals surface area contributed by atoms with Crippen LogP contribution in [0.3, 0.4) is 0 Å². The highest BCUT2D eigenvalue weighted by atomic mass is 16.7. The number of aromatic hydroxyl groups is 1. The number of phenolic OH excluding ortho intramolecular Hbond substituents is 1. The van der Waals surface area contributed by atoms with E-state index in [9.17, 15) is 35.4 Å². The molecule has 1 heterocycles. The molecule has 0 aromatic heterocycles. The number of ether oxygens (including phenoxy) is 3. The molecule has 1 aliphatic carbocycles. The first-order valence-electron chi connectivity index (χ1n) is 11.7. The molecule has 2 aromatic rings.